The number of benzene rings is 2. The van der Waals surface area contributed by atoms with Crippen molar-refractivity contribution in [3.63, 3.8) is 0 Å². The number of rotatable bonds is 4. The summed E-state index contributed by atoms with van der Waals surface area (Å²) in [7, 11) is 0. The first-order valence-corrected chi connectivity index (χ1v) is 9.39. The second kappa shape index (κ2) is 8.13. The third kappa shape index (κ3) is 4.09. The first kappa shape index (κ1) is 21.6. The van der Waals surface area contributed by atoms with Gasteiger partial charge < -0.3 is 30.3 Å². The van der Waals surface area contributed by atoms with Gasteiger partial charge in [-0.1, -0.05) is 11.2 Å². The maximum Gasteiger partial charge on any atom is 0.416 e. The summed E-state index contributed by atoms with van der Waals surface area (Å²) in [6, 6.07) is 8.70. The average Bonchev–Trinajstić information content (AvgIpc) is 3.13. The molecule has 0 bridgehead atoms. The van der Waals surface area contributed by atoms with E-state index in [1.807, 2.05) is 0 Å². The van der Waals surface area contributed by atoms with Gasteiger partial charge in [0, 0.05) is 24.0 Å². The Hall–Kier alpha value is -3.64. The maximum atomic E-state index is 13.0. The number of anilines is 3. The highest BCUT2D eigenvalue weighted by atomic mass is 19.4. The molecule has 2 heterocycles. The molecule has 2 amide bonds. The lowest BCUT2D eigenvalue weighted by Gasteiger charge is -2.34. The molecule has 0 aliphatic carbocycles. The molecule has 0 spiro atoms. The fourth-order valence-corrected chi connectivity index (χ4v) is 3.33. The SMILES string of the molecule is Nc1noc2cc(NC(=O)[C@H](O)[C@H]3OCCN(c4cccc(C(F)(F)F)c4)C3=O)ccc12. The van der Waals surface area contributed by atoms with E-state index >= 15 is 0 Å². The van der Waals surface area contributed by atoms with Crippen molar-refractivity contribution in [1.29, 1.82) is 0 Å². The average molecular weight is 450 g/mol. The van der Waals surface area contributed by atoms with Crippen LogP contribution in [0.1, 0.15) is 5.56 Å². The molecule has 0 unspecified atom stereocenters. The molecule has 3 aromatic rings. The van der Waals surface area contributed by atoms with Gasteiger partial charge in [0.15, 0.2) is 23.6 Å². The van der Waals surface area contributed by atoms with Crippen LogP contribution < -0.4 is 16.0 Å². The number of morpholine rings is 1. The van der Waals surface area contributed by atoms with E-state index in [9.17, 15) is 27.9 Å². The van der Waals surface area contributed by atoms with Crippen LogP contribution in [-0.2, 0) is 20.5 Å². The van der Waals surface area contributed by atoms with E-state index in [2.05, 4.69) is 10.5 Å². The minimum absolute atomic E-state index is 0.0147. The molecular weight excluding hydrogens is 433 g/mol. The topological polar surface area (TPSA) is 131 Å². The monoisotopic (exact) mass is 450 g/mol. The zero-order valence-electron chi connectivity index (χ0n) is 16.3. The summed E-state index contributed by atoms with van der Waals surface area (Å²) in [4.78, 5) is 26.3. The Morgan fingerprint density at radius 1 is 1.28 bits per heavy atom. The van der Waals surface area contributed by atoms with Gasteiger partial charge in [-0.05, 0) is 30.3 Å². The van der Waals surface area contributed by atoms with E-state index in [1.54, 1.807) is 6.07 Å². The molecule has 1 fully saturated rings. The predicted molar refractivity (Wildman–Crippen MR) is 107 cm³/mol. The molecule has 4 N–H and O–H groups in total. The number of ether oxygens (including phenoxy) is 1. The van der Waals surface area contributed by atoms with E-state index in [0.717, 1.165) is 17.0 Å². The van der Waals surface area contributed by atoms with Gasteiger partial charge in [0.05, 0.1) is 17.6 Å². The van der Waals surface area contributed by atoms with Gasteiger partial charge in [-0.25, -0.2) is 0 Å². The predicted octanol–water partition coefficient (Wildman–Crippen LogP) is 2.16. The fourth-order valence-electron chi connectivity index (χ4n) is 3.33. The Morgan fingerprint density at radius 3 is 2.81 bits per heavy atom. The zero-order valence-corrected chi connectivity index (χ0v) is 16.3. The van der Waals surface area contributed by atoms with E-state index in [0.29, 0.717) is 11.0 Å². The highest BCUT2D eigenvalue weighted by Gasteiger charge is 2.40. The molecule has 12 heteroatoms. The van der Waals surface area contributed by atoms with Gasteiger partial charge in [-0.2, -0.15) is 13.2 Å². The first-order chi connectivity index (χ1) is 15.1. The lowest BCUT2D eigenvalue weighted by atomic mass is 10.1. The number of aliphatic hydroxyl groups excluding tert-OH is 1. The highest BCUT2D eigenvalue weighted by molar-refractivity contribution is 6.04. The number of fused-ring (bicyclic) bond motifs is 1. The van der Waals surface area contributed by atoms with Crippen molar-refractivity contribution < 1.29 is 37.1 Å². The van der Waals surface area contributed by atoms with Gasteiger partial charge in [0.1, 0.15) is 0 Å². The summed E-state index contributed by atoms with van der Waals surface area (Å²) < 4.78 is 49.3. The van der Waals surface area contributed by atoms with Crippen LogP contribution in [0, 0.1) is 0 Å². The number of nitrogens with one attached hydrogen (secondary N) is 1. The van der Waals surface area contributed by atoms with E-state index in [4.69, 9.17) is 15.0 Å². The number of amides is 2. The minimum Gasteiger partial charge on any atom is -0.380 e. The molecule has 32 heavy (non-hydrogen) atoms. The first-order valence-electron chi connectivity index (χ1n) is 9.39. The normalized spacial score (nSPS) is 18.1. The number of alkyl halides is 3. The second-order valence-corrected chi connectivity index (χ2v) is 7.04. The lowest BCUT2D eigenvalue weighted by Crippen LogP contribution is -2.55. The number of aromatic nitrogens is 1. The van der Waals surface area contributed by atoms with Crippen molar-refractivity contribution in [2.75, 3.05) is 29.1 Å². The molecule has 0 saturated carbocycles. The molecular formula is C20H17F3N4O5. The van der Waals surface area contributed by atoms with Crippen LogP contribution in [0.3, 0.4) is 0 Å². The fraction of sp³-hybridized carbons (Fsp3) is 0.250. The number of hydrogen-bond donors (Lipinski definition) is 3. The number of nitrogens with zero attached hydrogens (tertiary/aromatic N) is 2. The molecule has 9 nitrogen and oxygen atoms in total. The Labute approximate surface area is 178 Å². The number of carbonyl (C=O) groups is 2. The van der Waals surface area contributed by atoms with Crippen LogP contribution in [0.5, 0.6) is 0 Å². The van der Waals surface area contributed by atoms with Gasteiger partial charge in [0.25, 0.3) is 11.8 Å². The maximum absolute atomic E-state index is 13.0. The largest absolute Gasteiger partial charge is 0.416 e. The van der Waals surface area contributed by atoms with Gasteiger partial charge in [-0.3, -0.25) is 9.59 Å². The second-order valence-electron chi connectivity index (χ2n) is 7.04. The molecule has 2 aromatic carbocycles. The van der Waals surface area contributed by atoms with Crippen molar-refractivity contribution in [2.45, 2.75) is 18.4 Å². The molecule has 1 aromatic heterocycles. The van der Waals surface area contributed by atoms with E-state index in [1.165, 1.54) is 24.3 Å². The minimum atomic E-state index is -4.58. The summed E-state index contributed by atoms with van der Waals surface area (Å²) in [5, 5.41) is 17.0. The molecule has 168 valence electrons. The molecule has 1 aliphatic heterocycles. The van der Waals surface area contributed by atoms with Crippen molar-refractivity contribution in [1.82, 2.24) is 5.16 Å². The zero-order chi connectivity index (χ0) is 23.0. The van der Waals surface area contributed by atoms with Crippen molar-refractivity contribution >= 4 is 40.0 Å². The van der Waals surface area contributed by atoms with Crippen LogP contribution in [0.2, 0.25) is 0 Å². The lowest BCUT2D eigenvalue weighted by molar-refractivity contribution is -0.150. The van der Waals surface area contributed by atoms with E-state index < -0.39 is 35.8 Å². The smallest absolute Gasteiger partial charge is 0.380 e. The summed E-state index contributed by atoms with van der Waals surface area (Å²) in [6.07, 6.45) is -8.09. The summed E-state index contributed by atoms with van der Waals surface area (Å²) >= 11 is 0. The quantitative estimate of drug-likeness (QED) is 0.555. The number of carbonyl (C=O) groups excluding carboxylic acids is 2. The standard InChI is InChI=1S/C20H17F3N4O5/c21-20(22,23)10-2-1-3-12(8-10)27-6-7-31-16(19(27)30)15(28)18(29)25-11-4-5-13-14(9-11)32-26-17(13)24/h1-5,8-9,15-16,28H,6-7H2,(H2,24,26)(H,25,29)/t15-,16-/m1/s1. The number of aliphatic hydroxyl groups is 1. The Morgan fingerprint density at radius 2 is 2.06 bits per heavy atom. The Bertz CT molecular complexity index is 1180. The Balaban J connectivity index is 1.49. The molecule has 4 rings (SSSR count). The number of nitrogens with two attached hydrogens (primary N) is 1. The molecule has 1 saturated heterocycles. The number of nitrogen functional groups attached to an aromatic ring is 1. The van der Waals surface area contributed by atoms with Crippen molar-refractivity contribution in [2.24, 2.45) is 0 Å². The van der Waals surface area contributed by atoms with E-state index in [-0.39, 0.29) is 30.3 Å². The number of halogens is 3. The van der Waals surface area contributed by atoms with Gasteiger partial charge in [0.2, 0.25) is 0 Å². The van der Waals surface area contributed by atoms with Crippen molar-refractivity contribution in [3.8, 4) is 0 Å². The molecule has 1 aliphatic rings. The van der Waals surface area contributed by atoms with Crippen LogP contribution in [0.4, 0.5) is 30.4 Å². The molecule has 0 radical (unpaired) electrons. The van der Waals surface area contributed by atoms with Crippen LogP contribution in [-0.4, -0.2) is 47.4 Å². The van der Waals surface area contributed by atoms with Gasteiger partial charge in [-0.15, -0.1) is 0 Å². The number of hydrogen-bond acceptors (Lipinski definition) is 7. The highest BCUT2D eigenvalue weighted by Crippen LogP contribution is 2.32. The molecule has 2 atom stereocenters. The van der Waals surface area contributed by atoms with Gasteiger partial charge >= 0.3 is 6.18 Å². The van der Waals surface area contributed by atoms with Crippen LogP contribution in [0.25, 0.3) is 11.0 Å². The summed E-state index contributed by atoms with van der Waals surface area (Å²) in [5.41, 5.74) is 5.24. The summed E-state index contributed by atoms with van der Waals surface area (Å²) in [5.74, 6) is -1.61. The van der Waals surface area contributed by atoms with Crippen molar-refractivity contribution in [3.05, 3.63) is 48.0 Å². The van der Waals surface area contributed by atoms with Crippen LogP contribution >= 0.6 is 0 Å². The Kier molecular flexibility index (Phi) is 5.48. The third-order valence-electron chi connectivity index (χ3n) is 4.93. The summed E-state index contributed by atoms with van der Waals surface area (Å²) in [6.45, 7) is -0.116. The third-order valence-corrected chi connectivity index (χ3v) is 4.93. The van der Waals surface area contributed by atoms with Crippen LogP contribution in [0.15, 0.2) is 47.0 Å².